The minimum Gasteiger partial charge on any atom is -0.352 e. The molecular weight excluding hydrogens is 521 g/mol. The fraction of sp³-hybridized carbons (Fsp3) is 0.462. The predicted molar refractivity (Wildman–Crippen MR) is 145 cm³/mol. The van der Waals surface area contributed by atoms with Crippen LogP contribution in [0.1, 0.15) is 49.3 Å². The van der Waals surface area contributed by atoms with Gasteiger partial charge in [0.25, 0.3) is 0 Å². The van der Waals surface area contributed by atoms with E-state index in [2.05, 4.69) is 5.32 Å². The highest BCUT2D eigenvalue weighted by molar-refractivity contribution is 7.92. The molecule has 1 atom stereocenters. The molecule has 7 nitrogen and oxygen atoms in total. The van der Waals surface area contributed by atoms with Crippen LogP contribution in [0.2, 0.25) is 10.0 Å². The van der Waals surface area contributed by atoms with Gasteiger partial charge in [-0.3, -0.25) is 13.9 Å². The lowest BCUT2D eigenvalue weighted by atomic mass is 10.1. The molecule has 0 aliphatic heterocycles. The van der Waals surface area contributed by atoms with Crippen LogP contribution < -0.4 is 9.62 Å². The van der Waals surface area contributed by atoms with E-state index in [1.54, 1.807) is 44.2 Å². The van der Waals surface area contributed by atoms with Gasteiger partial charge in [0.15, 0.2) is 0 Å². The Kier molecular flexibility index (Phi) is 9.30. The largest absolute Gasteiger partial charge is 0.352 e. The summed E-state index contributed by atoms with van der Waals surface area (Å²) in [5, 5.41) is 3.75. The third-order valence-electron chi connectivity index (χ3n) is 6.51. The summed E-state index contributed by atoms with van der Waals surface area (Å²) >= 11 is 12.2. The molecule has 0 spiro atoms. The fourth-order valence-corrected chi connectivity index (χ4v) is 5.72. The van der Waals surface area contributed by atoms with Gasteiger partial charge in [-0.25, -0.2) is 8.42 Å². The molecule has 1 fully saturated rings. The van der Waals surface area contributed by atoms with Crippen molar-refractivity contribution in [1.82, 2.24) is 10.2 Å². The molecule has 2 aromatic carbocycles. The number of nitrogens with one attached hydrogen (secondary N) is 1. The number of rotatable bonds is 9. The number of sulfonamides is 1. The molecule has 3 rings (SSSR count). The lowest BCUT2D eigenvalue weighted by Crippen LogP contribution is -2.52. The maximum atomic E-state index is 13.7. The number of amides is 2. The molecule has 1 saturated carbocycles. The van der Waals surface area contributed by atoms with Crippen LogP contribution in [0, 0.1) is 13.8 Å². The second-order valence-electron chi connectivity index (χ2n) is 9.50. The van der Waals surface area contributed by atoms with Crippen LogP contribution >= 0.6 is 23.2 Å². The van der Waals surface area contributed by atoms with Gasteiger partial charge in [0, 0.05) is 12.6 Å². The Labute approximate surface area is 223 Å². The molecule has 1 aliphatic rings. The molecule has 0 aromatic heterocycles. The van der Waals surface area contributed by atoms with Gasteiger partial charge in [-0.15, -0.1) is 0 Å². The smallest absolute Gasteiger partial charge is 0.244 e. The van der Waals surface area contributed by atoms with E-state index < -0.39 is 28.5 Å². The van der Waals surface area contributed by atoms with Gasteiger partial charge in [-0.2, -0.15) is 0 Å². The number of carbonyl (C=O) groups is 2. The number of hydrogen-bond acceptors (Lipinski definition) is 4. The number of aryl methyl sites for hydroxylation is 2. The summed E-state index contributed by atoms with van der Waals surface area (Å²) in [7, 11) is -3.78. The molecule has 2 aromatic rings. The molecule has 196 valence electrons. The van der Waals surface area contributed by atoms with Gasteiger partial charge >= 0.3 is 0 Å². The molecule has 10 heteroatoms. The van der Waals surface area contributed by atoms with Gasteiger partial charge in [-0.05, 0) is 62.9 Å². The highest BCUT2D eigenvalue weighted by Crippen LogP contribution is 2.26. The lowest BCUT2D eigenvalue weighted by molar-refractivity contribution is -0.139. The number of anilines is 1. The first-order chi connectivity index (χ1) is 16.9. The zero-order chi connectivity index (χ0) is 26.6. The van der Waals surface area contributed by atoms with Gasteiger partial charge in [0.2, 0.25) is 21.8 Å². The van der Waals surface area contributed by atoms with Crippen LogP contribution in [0.15, 0.2) is 36.4 Å². The summed E-state index contributed by atoms with van der Waals surface area (Å²) in [5.74, 6) is -0.770. The van der Waals surface area contributed by atoms with Crippen molar-refractivity contribution in [3.8, 4) is 0 Å². The molecule has 1 N–H and O–H groups in total. The quantitative estimate of drug-likeness (QED) is 0.480. The second-order valence-corrected chi connectivity index (χ2v) is 12.2. The van der Waals surface area contributed by atoms with Crippen LogP contribution in [0.25, 0.3) is 0 Å². The lowest BCUT2D eigenvalue weighted by Gasteiger charge is -2.32. The van der Waals surface area contributed by atoms with E-state index in [-0.39, 0.29) is 18.5 Å². The average molecular weight is 555 g/mol. The maximum absolute atomic E-state index is 13.7. The van der Waals surface area contributed by atoms with Gasteiger partial charge < -0.3 is 10.2 Å². The summed E-state index contributed by atoms with van der Waals surface area (Å²) in [6, 6.07) is 9.62. The number of nitrogens with zero attached hydrogens (tertiary/aromatic N) is 2. The number of benzene rings is 2. The molecule has 1 aliphatic carbocycles. The van der Waals surface area contributed by atoms with E-state index >= 15 is 0 Å². The van der Waals surface area contributed by atoms with Gasteiger partial charge in [0.1, 0.15) is 12.6 Å². The molecule has 2 amide bonds. The Bertz CT molecular complexity index is 1230. The first-order valence-corrected chi connectivity index (χ1v) is 14.6. The highest BCUT2D eigenvalue weighted by Gasteiger charge is 2.31. The Morgan fingerprint density at radius 3 is 2.31 bits per heavy atom. The zero-order valence-electron chi connectivity index (χ0n) is 21.1. The van der Waals surface area contributed by atoms with Crippen molar-refractivity contribution in [3.05, 3.63) is 63.1 Å². The van der Waals surface area contributed by atoms with Crippen molar-refractivity contribution < 1.29 is 18.0 Å². The van der Waals surface area contributed by atoms with E-state index in [0.29, 0.717) is 21.3 Å². The first kappa shape index (κ1) is 28.3. The third kappa shape index (κ3) is 7.14. The van der Waals surface area contributed by atoms with Crippen LogP contribution in [0.4, 0.5) is 5.69 Å². The molecule has 0 saturated heterocycles. The van der Waals surface area contributed by atoms with Crippen molar-refractivity contribution in [2.24, 2.45) is 0 Å². The molecule has 0 bridgehead atoms. The topological polar surface area (TPSA) is 86.8 Å². The van der Waals surface area contributed by atoms with E-state index in [0.717, 1.165) is 47.4 Å². The fourth-order valence-electron chi connectivity index (χ4n) is 4.49. The normalized spacial score (nSPS) is 14.9. The first-order valence-electron chi connectivity index (χ1n) is 12.0. The summed E-state index contributed by atoms with van der Waals surface area (Å²) in [6.45, 7) is 5.00. The molecule has 1 unspecified atom stereocenters. The standard InChI is InChI=1S/C26H33Cl2N3O4S/c1-17-9-12-24(18(2)13-17)31(36(4,34)35)16-25(32)30(15-20-10-11-22(27)23(28)14-20)19(3)26(33)29-21-7-5-6-8-21/h9-14,19,21H,5-8,15-16H2,1-4H3,(H,29,33). The monoisotopic (exact) mass is 553 g/mol. The van der Waals surface area contributed by atoms with Crippen LogP contribution in [-0.4, -0.2) is 50.0 Å². The summed E-state index contributed by atoms with van der Waals surface area (Å²) < 4.78 is 26.6. The van der Waals surface area contributed by atoms with Crippen molar-refractivity contribution >= 4 is 50.7 Å². The Morgan fingerprint density at radius 1 is 1.06 bits per heavy atom. The highest BCUT2D eigenvalue weighted by atomic mass is 35.5. The second kappa shape index (κ2) is 11.8. The third-order valence-corrected chi connectivity index (χ3v) is 8.37. The van der Waals surface area contributed by atoms with Crippen LogP contribution in [0.3, 0.4) is 0 Å². The summed E-state index contributed by atoms with van der Waals surface area (Å²) in [6.07, 6.45) is 5.01. The number of hydrogen-bond donors (Lipinski definition) is 1. The average Bonchev–Trinajstić information content (AvgIpc) is 3.30. The van der Waals surface area contributed by atoms with E-state index in [9.17, 15) is 18.0 Å². The van der Waals surface area contributed by atoms with Crippen molar-refractivity contribution in [1.29, 1.82) is 0 Å². The molecule has 0 radical (unpaired) electrons. The number of halogens is 2. The van der Waals surface area contributed by atoms with Crippen molar-refractivity contribution in [2.45, 2.75) is 65.1 Å². The predicted octanol–water partition coefficient (Wildman–Crippen LogP) is 4.85. The Morgan fingerprint density at radius 2 is 1.72 bits per heavy atom. The zero-order valence-corrected chi connectivity index (χ0v) is 23.4. The van der Waals surface area contributed by atoms with Gasteiger partial charge in [0.05, 0.1) is 22.0 Å². The summed E-state index contributed by atoms with van der Waals surface area (Å²) in [4.78, 5) is 28.2. The van der Waals surface area contributed by atoms with Crippen molar-refractivity contribution in [3.63, 3.8) is 0 Å². The van der Waals surface area contributed by atoms with E-state index in [4.69, 9.17) is 23.2 Å². The van der Waals surface area contributed by atoms with E-state index in [1.807, 2.05) is 13.0 Å². The SMILES string of the molecule is Cc1ccc(N(CC(=O)N(Cc2ccc(Cl)c(Cl)c2)C(C)C(=O)NC2CCCC2)S(C)(=O)=O)c(C)c1. The number of carbonyl (C=O) groups excluding carboxylic acids is 2. The Hall–Kier alpha value is -2.29. The summed E-state index contributed by atoms with van der Waals surface area (Å²) in [5.41, 5.74) is 2.82. The van der Waals surface area contributed by atoms with Crippen molar-refractivity contribution in [2.75, 3.05) is 17.1 Å². The van der Waals surface area contributed by atoms with Crippen LogP contribution in [0.5, 0.6) is 0 Å². The van der Waals surface area contributed by atoms with E-state index in [1.165, 1.54) is 4.90 Å². The molecule has 0 heterocycles. The minimum atomic E-state index is -3.78. The van der Waals surface area contributed by atoms with Crippen LogP contribution in [-0.2, 0) is 26.2 Å². The maximum Gasteiger partial charge on any atom is 0.244 e. The minimum absolute atomic E-state index is 0.0689. The molecular formula is C26H33Cl2N3O4S. The molecule has 36 heavy (non-hydrogen) atoms. The van der Waals surface area contributed by atoms with Gasteiger partial charge in [-0.1, -0.05) is 59.8 Å². The Balaban J connectivity index is 1.92.